The number of hydrogen-bond acceptors (Lipinski definition) is 3. The number of amides is 1. The second-order valence-electron chi connectivity index (χ2n) is 5.24. The van der Waals surface area contributed by atoms with Crippen molar-refractivity contribution >= 4 is 5.91 Å². The number of carbonyl (C=O) groups excluding carboxylic acids is 1. The summed E-state index contributed by atoms with van der Waals surface area (Å²) in [6, 6.07) is 0. The SMILES string of the molecule is CCCCCCCCCC[CH]C(=O)N(CCO)CCO. The van der Waals surface area contributed by atoms with Crippen LogP contribution in [0, 0.1) is 6.42 Å². The Hall–Kier alpha value is -0.610. The van der Waals surface area contributed by atoms with Crippen LogP contribution >= 0.6 is 0 Å². The summed E-state index contributed by atoms with van der Waals surface area (Å²) >= 11 is 0. The summed E-state index contributed by atoms with van der Waals surface area (Å²) in [5.41, 5.74) is 0. The van der Waals surface area contributed by atoms with Gasteiger partial charge in [0.15, 0.2) is 0 Å². The number of aliphatic hydroxyl groups excluding tert-OH is 2. The molecule has 1 radical (unpaired) electrons. The predicted molar refractivity (Wildman–Crippen MR) is 82.3 cm³/mol. The highest BCUT2D eigenvalue weighted by Gasteiger charge is 2.11. The largest absolute Gasteiger partial charge is 0.395 e. The summed E-state index contributed by atoms with van der Waals surface area (Å²) in [5.74, 6) is -0.0731. The van der Waals surface area contributed by atoms with Crippen LogP contribution in [0.5, 0.6) is 0 Å². The van der Waals surface area contributed by atoms with Gasteiger partial charge in [0.2, 0.25) is 5.91 Å². The molecule has 0 bridgehead atoms. The molecule has 0 spiro atoms. The number of hydrogen-bond donors (Lipinski definition) is 2. The molecule has 0 aliphatic carbocycles. The molecular weight excluding hydrogens is 254 g/mol. The summed E-state index contributed by atoms with van der Waals surface area (Å²) in [6.07, 6.45) is 12.6. The van der Waals surface area contributed by atoms with Crippen molar-refractivity contribution in [2.45, 2.75) is 64.7 Å². The first kappa shape index (κ1) is 19.4. The highest BCUT2D eigenvalue weighted by atomic mass is 16.3. The molecule has 0 atom stereocenters. The fourth-order valence-corrected chi connectivity index (χ4v) is 2.21. The number of aliphatic hydroxyl groups is 2. The molecule has 0 aliphatic heterocycles. The Morgan fingerprint density at radius 2 is 1.40 bits per heavy atom. The van der Waals surface area contributed by atoms with Gasteiger partial charge in [-0.1, -0.05) is 58.3 Å². The van der Waals surface area contributed by atoms with Crippen LogP contribution in [0.25, 0.3) is 0 Å². The zero-order chi connectivity index (χ0) is 15.1. The monoisotopic (exact) mass is 286 g/mol. The van der Waals surface area contributed by atoms with Gasteiger partial charge in [-0.25, -0.2) is 0 Å². The number of unbranched alkanes of at least 4 members (excludes halogenated alkanes) is 8. The van der Waals surface area contributed by atoms with Crippen molar-refractivity contribution in [2.75, 3.05) is 26.3 Å². The summed E-state index contributed by atoms with van der Waals surface area (Å²) in [4.78, 5) is 13.3. The highest BCUT2D eigenvalue weighted by Crippen LogP contribution is 2.10. The fraction of sp³-hybridized carbons (Fsp3) is 0.875. The molecule has 0 aromatic rings. The lowest BCUT2D eigenvalue weighted by Crippen LogP contribution is -2.35. The zero-order valence-corrected chi connectivity index (χ0v) is 13.0. The third-order valence-electron chi connectivity index (χ3n) is 3.43. The maximum Gasteiger partial charge on any atom is 0.226 e. The molecule has 2 N–H and O–H groups in total. The van der Waals surface area contributed by atoms with Crippen molar-refractivity contribution in [1.29, 1.82) is 0 Å². The van der Waals surface area contributed by atoms with E-state index in [1.165, 1.54) is 49.8 Å². The molecular formula is C16H32NO3. The van der Waals surface area contributed by atoms with E-state index in [4.69, 9.17) is 10.2 Å². The average molecular weight is 286 g/mol. The van der Waals surface area contributed by atoms with E-state index < -0.39 is 0 Å². The lowest BCUT2D eigenvalue weighted by atomic mass is 10.1. The molecule has 0 aromatic carbocycles. The first-order valence-corrected chi connectivity index (χ1v) is 8.10. The Bertz CT molecular complexity index is 216. The minimum Gasteiger partial charge on any atom is -0.395 e. The maximum absolute atomic E-state index is 11.8. The summed E-state index contributed by atoms with van der Waals surface area (Å²) < 4.78 is 0. The Balaban J connectivity index is 3.45. The van der Waals surface area contributed by atoms with Crippen LogP contribution in [-0.4, -0.2) is 47.3 Å². The van der Waals surface area contributed by atoms with Crippen LogP contribution in [0.2, 0.25) is 0 Å². The van der Waals surface area contributed by atoms with Gasteiger partial charge in [-0.15, -0.1) is 0 Å². The maximum atomic E-state index is 11.8. The van der Waals surface area contributed by atoms with Crippen molar-refractivity contribution < 1.29 is 15.0 Å². The molecule has 0 aliphatic rings. The van der Waals surface area contributed by atoms with E-state index in [0.29, 0.717) is 13.1 Å². The highest BCUT2D eigenvalue weighted by molar-refractivity contribution is 5.84. The molecule has 4 heteroatoms. The van der Waals surface area contributed by atoms with Gasteiger partial charge < -0.3 is 15.1 Å². The van der Waals surface area contributed by atoms with E-state index >= 15 is 0 Å². The van der Waals surface area contributed by atoms with E-state index in [2.05, 4.69) is 6.92 Å². The molecule has 0 fully saturated rings. The van der Waals surface area contributed by atoms with Gasteiger partial charge in [-0.05, 0) is 6.42 Å². The lowest BCUT2D eigenvalue weighted by molar-refractivity contribution is -0.128. The van der Waals surface area contributed by atoms with Crippen molar-refractivity contribution in [3.8, 4) is 0 Å². The van der Waals surface area contributed by atoms with Gasteiger partial charge in [-0.3, -0.25) is 4.79 Å². The van der Waals surface area contributed by atoms with E-state index in [0.717, 1.165) is 12.8 Å². The predicted octanol–water partition coefficient (Wildman–Crippen LogP) is 2.53. The zero-order valence-electron chi connectivity index (χ0n) is 13.0. The van der Waals surface area contributed by atoms with Crippen LogP contribution in [0.1, 0.15) is 64.7 Å². The first-order chi connectivity index (χ1) is 9.76. The molecule has 0 saturated heterocycles. The van der Waals surface area contributed by atoms with Gasteiger partial charge in [0.25, 0.3) is 0 Å². The van der Waals surface area contributed by atoms with E-state index in [9.17, 15) is 4.79 Å². The number of nitrogens with zero attached hydrogens (tertiary/aromatic N) is 1. The summed E-state index contributed by atoms with van der Waals surface area (Å²) in [6.45, 7) is 2.71. The van der Waals surface area contributed by atoms with E-state index in [-0.39, 0.29) is 19.1 Å². The summed E-state index contributed by atoms with van der Waals surface area (Å²) in [5, 5.41) is 17.7. The van der Waals surface area contributed by atoms with E-state index in [1.54, 1.807) is 6.42 Å². The topological polar surface area (TPSA) is 60.8 Å². The van der Waals surface area contributed by atoms with E-state index in [1.807, 2.05) is 0 Å². The Morgan fingerprint density at radius 1 is 0.900 bits per heavy atom. The lowest BCUT2D eigenvalue weighted by Gasteiger charge is -2.20. The molecule has 0 rings (SSSR count). The van der Waals surface area contributed by atoms with Gasteiger partial charge in [-0.2, -0.15) is 0 Å². The third-order valence-corrected chi connectivity index (χ3v) is 3.43. The van der Waals surface area contributed by atoms with Crippen molar-refractivity contribution in [3.05, 3.63) is 6.42 Å². The van der Waals surface area contributed by atoms with Crippen LogP contribution in [0.4, 0.5) is 0 Å². The van der Waals surface area contributed by atoms with Gasteiger partial charge >= 0.3 is 0 Å². The molecule has 0 unspecified atom stereocenters. The molecule has 0 saturated carbocycles. The minimum absolute atomic E-state index is 0.0582. The van der Waals surface area contributed by atoms with Gasteiger partial charge in [0, 0.05) is 19.5 Å². The minimum atomic E-state index is -0.0731. The van der Waals surface area contributed by atoms with Crippen molar-refractivity contribution in [1.82, 2.24) is 4.90 Å². The van der Waals surface area contributed by atoms with Crippen LogP contribution in [0.3, 0.4) is 0 Å². The second kappa shape index (κ2) is 14.8. The third kappa shape index (κ3) is 11.2. The molecule has 1 amide bonds. The molecule has 0 heterocycles. The Labute approximate surface area is 124 Å². The van der Waals surface area contributed by atoms with Crippen LogP contribution < -0.4 is 0 Å². The van der Waals surface area contributed by atoms with Crippen LogP contribution in [-0.2, 0) is 4.79 Å². The molecule has 0 aromatic heterocycles. The average Bonchev–Trinajstić information content (AvgIpc) is 2.45. The fourth-order valence-electron chi connectivity index (χ4n) is 2.21. The standard InChI is InChI=1S/C16H32NO3/c1-2-3-4-5-6-7-8-9-10-11-16(20)17(12-14-18)13-15-19/h11,18-19H,2-10,12-15H2,1H3. The molecule has 4 nitrogen and oxygen atoms in total. The van der Waals surface area contributed by atoms with Gasteiger partial charge in [0.05, 0.1) is 13.2 Å². The van der Waals surface area contributed by atoms with Crippen molar-refractivity contribution in [2.24, 2.45) is 0 Å². The van der Waals surface area contributed by atoms with Crippen molar-refractivity contribution in [3.63, 3.8) is 0 Å². The summed E-state index contributed by atoms with van der Waals surface area (Å²) in [7, 11) is 0. The second-order valence-corrected chi connectivity index (χ2v) is 5.24. The molecule has 119 valence electrons. The first-order valence-electron chi connectivity index (χ1n) is 8.10. The normalized spacial score (nSPS) is 10.8. The van der Waals surface area contributed by atoms with Gasteiger partial charge in [0.1, 0.15) is 0 Å². The number of rotatable bonds is 14. The quantitative estimate of drug-likeness (QED) is 0.482. The Morgan fingerprint density at radius 3 is 1.90 bits per heavy atom. The smallest absolute Gasteiger partial charge is 0.226 e. The van der Waals surface area contributed by atoms with Crippen LogP contribution in [0.15, 0.2) is 0 Å². The molecule has 20 heavy (non-hydrogen) atoms. The number of carbonyl (C=O) groups is 1. The Kier molecular flexibility index (Phi) is 14.3.